The van der Waals surface area contributed by atoms with Gasteiger partial charge in [0.1, 0.15) is 11.4 Å². The number of nitrogens with zero attached hydrogens (tertiary/aromatic N) is 4. The fraction of sp³-hybridized carbons (Fsp3) is 0.636. The molecule has 1 aliphatic heterocycles. The maximum Gasteiger partial charge on any atom is 0.407 e. The van der Waals surface area contributed by atoms with Crippen LogP contribution in [-0.2, 0) is 4.74 Å². The molecule has 1 aliphatic carbocycles. The highest BCUT2D eigenvalue weighted by Crippen LogP contribution is 2.34. The summed E-state index contributed by atoms with van der Waals surface area (Å²) < 4.78 is 5.31. The lowest BCUT2D eigenvalue weighted by Gasteiger charge is -2.21. The first-order valence-corrected chi connectivity index (χ1v) is 11.2. The number of aromatic amines is 1. The van der Waals surface area contributed by atoms with Crippen molar-refractivity contribution >= 4 is 23.7 Å². The second-order valence-corrected chi connectivity index (χ2v) is 9.54. The van der Waals surface area contributed by atoms with Crippen LogP contribution >= 0.6 is 0 Å². The first-order valence-electron chi connectivity index (χ1n) is 11.2. The largest absolute Gasteiger partial charge is 0.444 e. The summed E-state index contributed by atoms with van der Waals surface area (Å²) in [7, 11) is 0. The predicted octanol–water partition coefficient (Wildman–Crippen LogP) is 3.95. The molecule has 0 aromatic carbocycles. The summed E-state index contributed by atoms with van der Waals surface area (Å²) in [5.41, 5.74) is 0.716. The van der Waals surface area contributed by atoms with Gasteiger partial charge in [-0.2, -0.15) is 10.1 Å². The number of hydrogen-bond donors (Lipinski definition) is 3. The number of nitrogens with one attached hydrogen (secondary N) is 3. The second kappa shape index (κ2) is 9.11. The molecule has 2 aromatic rings. The third kappa shape index (κ3) is 5.86. The van der Waals surface area contributed by atoms with E-state index in [1.807, 2.05) is 26.8 Å². The molecule has 0 unspecified atom stereocenters. The molecule has 0 bridgehead atoms. The molecule has 3 N–H and O–H groups in total. The Morgan fingerprint density at radius 3 is 2.84 bits per heavy atom. The van der Waals surface area contributed by atoms with E-state index < -0.39 is 5.60 Å². The Hall–Kier alpha value is -2.84. The summed E-state index contributed by atoms with van der Waals surface area (Å²) in [5, 5.41) is 13.7. The van der Waals surface area contributed by atoms with Gasteiger partial charge in [-0.3, -0.25) is 5.10 Å². The molecular weight excluding hydrogens is 394 g/mol. The Morgan fingerprint density at radius 1 is 1.26 bits per heavy atom. The van der Waals surface area contributed by atoms with Crippen molar-refractivity contribution in [3.8, 4) is 0 Å². The van der Waals surface area contributed by atoms with Crippen molar-refractivity contribution in [1.29, 1.82) is 0 Å². The van der Waals surface area contributed by atoms with Crippen LogP contribution in [0.2, 0.25) is 0 Å². The van der Waals surface area contributed by atoms with Gasteiger partial charge >= 0.3 is 6.09 Å². The highest BCUT2D eigenvalue weighted by molar-refractivity contribution is 5.67. The Labute approximate surface area is 183 Å². The van der Waals surface area contributed by atoms with E-state index in [2.05, 4.69) is 41.8 Å². The molecule has 3 heterocycles. The van der Waals surface area contributed by atoms with Gasteiger partial charge in [-0.25, -0.2) is 9.78 Å². The van der Waals surface area contributed by atoms with Crippen molar-refractivity contribution in [2.75, 3.05) is 29.9 Å². The molecule has 31 heavy (non-hydrogen) atoms. The molecule has 2 aromatic heterocycles. The minimum atomic E-state index is -0.487. The number of aromatic nitrogens is 4. The average Bonchev–Trinajstić information content (AvgIpc) is 3.46. The standard InChI is InChI=1S/C22H33N7O2/c1-22(2,3)31-21(30)24-13-15-9-11-29(14-15)20-23-10-8-18(26-20)25-19-12-17(27-28-19)16-6-4-5-7-16/h8,10,12,15-16H,4-7,9,11,13-14H2,1-3H3,(H,24,30)(H2,23,25,26,27,28)/t15-/m0/s1. The average molecular weight is 428 g/mol. The molecule has 0 radical (unpaired) electrons. The number of hydrogen-bond acceptors (Lipinski definition) is 7. The Balaban J connectivity index is 1.30. The summed E-state index contributed by atoms with van der Waals surface area (Å²) in [4.78, 5) is 23.2. The van der Waals surface area contributed by atoms with Gasteiger partial charge in [0, 0.05) is 43.5 Å². The number of alkyl carbamates (subject to hydrolysis) is 1. The van der Waals surface area contributed by atoms with Gasteiger partial charge in [-0.05, 0) is 52.0 Å². The number of ether oxygens (including phenoxy) is 1. The van der Waals surface area contributed by atoms with Crippen LogP contribution in [0.25, 0.3) is 0 Å². The monoisotopic (exact) mass is 427 g/mol. The van der Waals surface area contributed by atoms with Crippen LogP contribution in [0, 0.1) is 5.92 Å². The van der Waals surface area contributed by atoms with Crippen molar-refractivity contribution in [2.45, 2.75) is 64.4 Å². The zero-order valence-corrected chi connectivity index (χ0v) is 18.6. The van der Waals surface area contributed by atoms with Crippen LogP contribution in [0.1, 0.15) is 64.5 Å². The SMILES string of the molecule is CC(C)(C)OC(=O)NC[C@@H]1CCN(c2nccc(Nc3cc(C4CCCC4)[nH]n3)n2)C1. The molecule has 2 fully saturated rings. The summed E-state index contributed by atoms with van der Waals surface area (Å²) in [6.45, 7) is 7.83. The molecule has 4 rings (SSSR count). The summed E-state index contributed by atoms with van der Waals surface area (Å²) in [5.74, 6) is 3.14. The Bertz CT molecular complexity index is 886. The molecule has 1 amide bonds. The summed E-state index contributed by atoms with van der Waals surface area (Å²) >= 11 is 0. The maximum atomic E-state index is 11.9. The molecule has 1 saturated heterocycles. The lowest BCUT2D eigenvalue weighted by Crippen LogP contribution is -2.36. The highest BCUT2D eigenvalue weighted by Gasteiger charge is 2.26. The maximum absolute atomic E-state index is 11.9. The second-order valence-electron chi connectivity index (χ2n) is 9.54. The predicted molar refractivity (Wildman–Crippen MR) is 120 cm³/mol. The van der Waals surface area contributed by atoms with E-state index in [1.165, 1.54) is 31.4 Å². The van der Waals surface area contributed by atoms with Gasteiger partial charge in [-0.15, -0.1) is 0 Å². The molecule has 1 atom stereocenters. The first-order chi connectivity index (χ1) is 14.9. The third-order valence-electron chi connectivity index (χ3n) is 5.79. The number of anilines is 3. The van der Waals surface area contributed by atoms with E-state index >= 15 is 0 Å². The third-order valence-corrected chi connectivity index (χ3v) is 5.79. The number of rotatable bonds is 6. The van der Waals surface area contributed by atoms with E-state index in [9.17, 15) is 4.79 Å². The highest BCUT2D eigenvalue weighted by atomic mass is 16.6. The van der Waals surface area contributed by atoms with Crippen molar-refractivity contribution in [1.82, 2.24) is 25.5 Å². The van der Waals surface area contributed by atoms with Gasteiger partial charge in [-0.1, -0.05) is 12.8 Å². The van der Waals surface area contributed by atoms with Gasteiger partial charge < -0.3 is 20.3 Å². The zero-order chi connectivity index (χ0) is 21.8. The normalized spacial score (nSPS) is 19.6. The number of amides is 1. The minimum Gasteiger partial charge on any atom is -0.444 e. The lowest BCUT2D eigenvalue weighted by molar-refractivity contribution is 0.0520. The van der Waals surface area contributed by atoms with E-state index in [0.29, 0.717) is 24.3 Å². The van der Waals surface area contributed by atoms with E-state index in [4.69, 9.17) is 4.74 Å². The van der Waals surface area contributed by atoms with E-state index in [1.54, 1.807) is 6.20 Å². The first kappa shape index (κ1) is 21.4. The van der Waals surface area contributed by atoms with E-state index in [-0.39, 0.29) is 6.09 Å². The topological polar surface area (TPSA) is 108 Å². The molecule has 2 aliphatic rings. The smallest absolute Gasteiger partial charge is 0.407 e. The van der Waals surface area contributed by atoms with Crippen molar-refractivity contribution in [2.24, 2.45) is 5.92 Å². The molecule has 9 heteroatoms. The molecular formula is C22H33N7O2. The summed E-state index contributed by atoms with van der Waals surface area (Å²) in [6, 6.07) is 3.94. The van der Waals surface area contributed by atoms with Gasteiger partial charge in [0.05, 0.1) is 0 Å². The molecule has 0 spiro atoms. The Kier molecular flexibility index (Phi) is 6.29. The summed E-state index contributed by atoms with van der Waals surface area (Å²) in [6.07, 6.45) is 7.43. The molecule has 9 nitrogen and oxygen atoms in total. The lowest BCUT2D eigenvalue weighted by atomic mass is 10.0. The Morgan fingerprint density at radius 2 is 2.06 bits per heavy atom. The van der Waals surface area contributed by atoms with Crippen LogP contribution in [0.3, 0.4) is 0 Å². The van der Waals surface area contributed by atoms with Crippen LogP contribution in [0.15, 0.2) is 18.3 Å². The van der Waals surface area contributed by atoms with Crippen molar-refractivity contribution in [3.05, 3.63) is 24.0 Å². The van der Waals surface area contributed by atoms with Crippen LogP contribution in [-0.4, -0.2) is 51.5 Å². The van der Waals surface area contributed by atoms with Gasteiger partial charge in [0.25, 0.3) is 0 Å². The number of carbonyl (C=O) groups is 1. The molecule has 168 valence electrons. The quantitative estimate of drug-likeness (QED) is 0.640. The van der Waals surface area contributed by atoms with Crippen LogP contribution < -0.4 is 15.5 Å². The number of H-pyrrole nitrogens is 1. The van der Waals surface area contributed by atoms with Crippen molar-refractivity contribution in [3.63, 3.8) is 0 Å². The molecule has 1 saturated carbocycles. The fourth-order valence-electron chi connectivity index (χ4n) is 4.27. The van der Waals surface area contributed by atoms with Crippen molar-refractivity contribution < 1.29 is 9.53 Å². The number of carbonyl (C=O) groups excluding carboxylic acids is 1. The minimum absolute atomic E-state index is 0.341. The van der Waals surface area contributed by atoms with Crippen LogP contribution in [0.5, 0.6) is 0 Å². The van der Waals surface area contributed by atoms with Crippen LogP contribution in [0.4, 0.5) is 22.4 Å². The van der Waals surface area contributed by atoms with E-state index in [0.717, 1.165) is 31.1 Å². The van der Waals surface area contributed by atoms with Gasteiger partial charge in [0.2, 0.25) is 5.95 Å². The fourth-order valence-corrected chi connectivity index (χ4v) is 4.27. The van der Waals surface area contributed by atoms with Gasteiger partial charge in [0.15, 0.2) is 5.82 Å². The zero-order valence-electron chi connectivity index (χ0n) is 18.6.